The van der Waals surface area contributed by atoms with Crippen LogP contribution in [0, 0.1) is 18.3 Å². The first-order chi connectivity index (χ1) is 11.7. The highest BCUT2D eigenvalue weighted by atomic mass is 16.5. The van der Waals surface area contributed by atoms with Crippen molar-refractivity contribution in [1.82, 2.24) is 10.1 Å². The Morgan fingerprint density at radius 1 is 1.44 bits per heavy atom. The van der Waals surface area contributed by atoms with E-state index in [0.29, 0.717) is 48.7 Å². The second-order valence-electron chi connectivity index (χ2n) is 7.34. The third kappa shape index (κ3) is 3.71. The molecule has 25 heavy (non-hydrogen) atoms. The van der Waals surface area contributed by atoms with Crippen molar-refractivity contribution in [2.75, 3.05) is 13.1 Å². The van der Waals surface area contributed by atoms with Gasteiger partial charge in [-0.15, -0.1) is 0 Å². The molecule has 1 aliphatic heterocycles. The molecule has 0 aliphatic carbocycles. The summed E-state index contributed by atoms with van der Waals surface area (Å²) in [7, 11) is 0. The van der Waals surface area contributed by atoms with Gasteiger partial charge in [-0.25, -0.2) is 0 Å². The van der Waals surface area contributed by atoms with Gasteiger partial charge >= 0.3 is 5.97 Å². The predicted molar refractivity (Wildman–Crippen MR) is 91.3 cm³/mol. The zero-order valence-electron chi connectivity index (χ0n) is 15.4. The molecule has 2 atom stereocenters. The summed E-state index contributed by atoms with van der Waals surface area (Å²) in [4.78, 5) is 26.5. The Hall–Kier alpha value is -1.89. The second-order valence-corrected chi connectivity index (χ2v) is 7.34. The molecule has 1 aliphatic rings. The zero-order chi connectivity index (χ0) is 18.8. The van der Waals surface area contributed by atoms with Crippen LogP contribution in [0.3, 0.4) is 0 Å². The maximum Gasteiger partial charge on any atom is 0.314 e. The molecule has 0 radical (unpaired) electrons. The van der Waals surface area contributed by atoms with Crippen LogP contribution in [-0.4, -0.2) is 51.3 Å². The number of piperidine rings is 1. The summed E-state index contributed by atoms with van der Waals surface area (Å²) >= 11 is 0. The fraction of sp³-hybridized carbons (Fsp3) is 0.722. The summed E-state index contributed by atoms with van der Waals surface area (Å²) in [5.74, 6) is -0.550. The third-order valence-electron chi connectivity index (χ3n) is 5.15. The Labute approximate surface area is 148 Å². The number of rotatable bonds is 6. The van der Waals surface area contributed by atoms with Gasteiger partial charge in [-0.1, -0.05) is 25.9 Å². The van der Waals surface area contributed by atoms with E-state index in [0.717, 1.165) is 0 Å². The van der Waals surface area contributed by atoms with Gasteiger partial charge in [0.25, 0.3) is 5.91 Å². The lowest BCUT2D eigenvalue weighted by Crippen LogP contribution is -2.57. The summed E-state index contributed by atoms with van der Waals surface area (Å²) in [6.07, 6.45) is 0.877. The number of aliphatic hydroxyl groups excluding tert-OH is 1. The third-order valence-corrected chi connectivity index (χ3v) is 5.15. The molecule has 1 fully saturated rings. The lowest BCUT2D eigenvalue weighted by Gasteiger charge is -2.43. The topological polar surface area (TPSA) is 104 Å². The number of carboxylic acid groups (broad SMARTS) is 1. The van der Waals surface area contributed by atoms with Crippen molar-refractivity contribution >= 4 is 11.9 Å². The van der Waals surface area contributed by atoms with E-state index in [4.69, 9.17) is 4.52 Å². The summed E-state index contributed by atoms with van der Waals surface area (Å²) in [6.45, 7) is 7.93. The van der Waals surface area contributed by atoms with Gasteiger partial charge in [-0.3, -0.25) is 9.59 Å². The van der Waals surface area contributed by atoms with Gasteiger partial charge in [0.1, 0.15) is 16.7 Å². The minimum Gasteiger partial charge on any atom is -0.481 e. The van der Waals surface area contributed by atoms with Gasteiger partial charge in [-0.05, 0) is 38.5 Å². The van der Waals surface area contributed by atoms with Crippen LogP contribution in [0.4, 0.5) is 0 Å². The minimum atomic E-state index is -1.32. The number of carbonyl (C=O) groups is 2. The standard InChI is InChI=1S/C18H28N2O5/c1-5-13-15(12(4)25-19-13)16(22)20-9-7-14(21)18(10-20,17(23)24)8-6-11(2)3/h11,14,21H,5-10H2,1-4H3,(H,23,24)/t14-,18+/m0/s1. The number of aliphatic carboxylic acids is 1. The molecule has 7 heteroatoms. The van der Waals surface area contributed by atoms with Crippen molar-refractivity contribution in [3.05, 3.63) is 17.0 Å². The first kappa shape index (κ1) is 19.4. The number of aromatic nitrogens is 1. The maximum absolute atomic E-state index is 13.0. The normalized spacial score (nSPS) is 23.9. The van der Waals surface area contributed by atoms with Crippen molar-refractivity contribution in [1.29, 1.82) is 0 Å². The van der Waals surface area contributed by atoms with E-state index in [1.807, 2.05) is 20.8 Å². The van der Waals surface area contributed by atoms with Crippen molar-refractivity contribution < 1.29 is 24.3 Å². The first-order valence-corrected chi connectivity index (χ1v) is 8.88. The first-order valence-electron chi connectivity index (χ1n) is 8.88. The summed E-state index contributed by atoms with van der Waals surface area (Å²) in [6, 6.07) is 0. The highest BCUT2D eigenvalue weighted by molar-refractivity contribution is 5.96. The quantitative estimate of drug-likeness (QED) is 0.814. The molecule has 2 heterocycles. The fourth-order valence-electron chi connectivity index (χ4n) is 3.45. The van der Waals surface area contributed by atoms with Crippen molar-refractivity contribution in [3.8, 4) is 0 Å². The van der Waals surface area contributed by atoms with E-state index in [2.05, 4.69) is 5.16 Å². The maximum atomic E-state index is 13.0. The molecule has 140 valence electrons. The summed E-state index contributed by atoms with van der Waals surface area (Å²) < 4.78 is 5.13. The second kappa shape index (κ2) is 7.56. The van der Waals surface area contributed by atoms with E-state index >= 15 is 0 Å². The Kier molecular flexibility index (Phi) is 5.87. The Balaban J connectivity index is 2.30. The van der Waals surface area contributed by atoms with Gasteiger partial charge in [0, 0.05) is 13.1 Å². The molecule has 2 rings (SSSR count). The molecule has 7 nitrogen and oxygen atoms in total. The fourth-order valence-corrected chi connectivity index (χ4v) is 3.45. The lowest BCUT2D eigenvalue weighted by atomic mass is 9.72. The molecule has 0 saturated carbocycles. The van der Waals surface area contributed by atoms with E-state index in [1.54, 1.807) is 6.92 Å². The number of aryl methyl sites for hydroxylation is 2. The Bertz CT molecular complexity index is 639. The molecular formula is C18H28N2O5. The van der Waals surface area contributed by atoms with Crippen molar-refractivity contribution in [2.45, 2.75) is 59.5 Å². The minimum absolute atomic E-state index is 0.00281. The van der Waals surface area contributed by atoms with E-state index in [1.165, 1.54) is 4.90 Å². The molecule has 1 aromatic heterocycles. The van der Waals surface area contributed by atoms with Gasteiger partial charge in [0.05, 0.1) is 11.8 Å². The molecule has 0 aromatic carbocycles. The molecule has 1 amide bonds. The van der Waals surface area contributed by atoms with Crippen LogP contribution in [0.2, 0.25) is 0 Å². The Morgan fingerprint density at radius 3 is 2.68 bits per heavy atom. The van der Waals surface area contributed by atoms with Gasteiger partial charge in [0.2, 0.25) is 0 Å². The average molecular weight is 352 g/mol. The van der Waals surface area contributed by atoms with Crippen LogP contribution in [0.15, 0.2) is 4.52 Å². The van der Waals surface area contributed by atoms with Gasteiger partial charge in [0.15, 0.2) is 0 Å². The number of carboxylic acids is 1. The van der Waals surface area contributed by atoms with Crippen molar-refractivity contribution in [2.24, 2.45) is 11.3 Å². The van der Waals surface area contributed by atoms with Crippen molar-refractivity contribution in [3.63, 3.8) is 0 Å². The van der Waals surface area contributed by atoms with Gasteiger partial charge < -0.3 is 19.6 Å². The number of likely N-dealkylation sites (tertiary alicyclic amines) is 1. The average Bonchev–Trinajstić information content (AvgIpc) is 2.94. The number of aliphatic hydroxyl groups is 1. The Morgan fingerprint density at radius 2 is 2.12 bits per heavy atom. The summed E-state index contributed by atoms with van der Waals surface area (Å²) in [5, 5.41) is 24.2. The largest absolute Gasteiger partial charge is 0.481 e. The number of hydrogen-bond acceptors (Lipinski definition) is 5. The molecule has 0 spiro atoms. The smallest absolute Gasteiger partial charge is 0.314 e. The number of carbonyl (C=O) groups excluding carboxylic acids is 1. The zero-order valence-corrected chi connectivity index (χ0v) is 15.4. The summed E-state index contributed by atoms with van der Waals surface area (Å²) in [5.41, 5.74) is -0.325. The van der Waals surface area contributed by atoms with Crippen LogP contribution >= 0.6 is 0 Å². The van der Waals surface area contributed by atoms with E-state index in [9.17, 15) is 19.8 Å². The predicted octanol–water partition coefficient (Wildman–Crippen LogP) is 2.26. The molecule has 0 bridgehead atoms. The SMILES string of the molecule is CCc1noc(C)c1C(=O)N1CC[C@H](O)[C@](CCC(C)C)(C(=O)O)C1. The van der Waals surface area contributed by atoms with Gasteiger partial charge in [-0.2, -0.15) is 0 Å². The number of hydrogen-bond donors (Lipinski definition) is 2. The van der Waals surface area contributed by atoms with Crippen LogP contribution in [-0.2, 0) is 11.2 Å². The number of amides is 1. The van der Waals surface area contributed by atoms with E-state index in [-0.39, 0.29) is 18.9 Å². The molecule has 1 aromatic rings. The van der Waals surface area contributed by atoms with Crippen LogP contribution < -0.4 is 0 Å². The molecule has 1 saturated heterocycles. The van der Waals surface area contributed by atoms with Crippen LogP contribution in [0.1, 0.15) is 61.8 Å². The molecule has 0 unspecified atom stereocenters. The molecular weight excluding hydrogens is 324 g/mol. The number of nitrogens with zero attached hydrogens (tertiary/aromatic N) is 2. The highest BCUT2D eigenvalue weighted by Crippen LogP contribution is 2.37. The lowest BCUT2D eigenvalue weighted by molar-refractivity contribution is -0.163. The highest BCUT2D eigenvalue weighted by Gasteiger charge is 2.50. The van der Waals surface area contributed by atoms with Crippen LogP contribution in [0.5, 0.6) is 0 Å². The van der Waals surface area contributed by atoms with E-state index < -0.39 is 17.5 Å². The van der Waals surface area contributed by atoms with Crippen LogP contribution in [0.25, 0.3) is 0 Å². The monoisotopic (exact) mass is 352 g/mol. The molecule has 2 N–H and O–H groups in total.